The molecule has 0 radical (unpaired) electrons. The lowest BCUT2D eigenvalue weighted by Gasteiger charge is -2.26. The van der Waals surface area contributed by atoms with Crippen LogP contribution >= 0.6 is 0 Å². The molecule has 0 saturated carbocycles. The third kappa shape index (κ3) is 3.81. The van der Waals surface area contributed by atoms with Crippen molar-refractivity contribution in [2.24, 2.45) is 5.41 Å². The van der Waals surface area contributed by atoms with E-state index in [9.17, 15) is 14.4 Å². The molecule has 21 heavy (non-hydrogen) atoms. The van der Waals surface area contributed by atoms with E-state index in [1.807, 2.05) is 13.8 Å². The van der Waals surface area contributed by atoms with Gasteiger partial charge in [0.25, 0.3) is 0 Å². The molecule has 0 aromatic carbocycles. The van der Waals surface area contributed by atoms with Gasteiger partial charge in [0.1, 0.15) is 0 Å². The maximum absolute atomic E-state index is 12.4. The monoisotopic (exact) mass is 297 g/mol. The Morgan fingerprint density at radius 2 is 1.90 bits per heavy atom. The number of likely N-dealkylation sites (tertiary alicyclic amines) is 1. The molecule has 1 saturated heterocycles. The van der Waals surface area contributed by atoms with Crippen molar-refractivity contribution in [2.45, 2.75) is 59.0 Å². The number of hydrogen-bond acceptors (Lipinski definition) is 4. The van der Waals surface area contributed by atoms with Crippen molar-refractivity contribution in [3.8, 4) is 0 Å². The van der Waals surface area contributed by atoms with E-state index >= 15 is 0 Å². The lowest BCUT2D eigenvalue weighted by Crippen LogP contribution is -2.48. The summed E-state index contributed by atoms with van der Waals surface area (Å²) in [5.74, 6) is -0.381. The third-order valence-electron chi connectivity index (χ3n) is 4.12. The number of carbonyl (C=O) groups excluding carboxylic acids is 3. The molecule has 1 fully saturated rings. The maximum Gasteiger partial charge on any atom is 0.247 e. The van der Waals surface area contributed by atoms with E-state index in [1.165, 1.54) is 4.90 Å². The molecular weight excluding hydrogens is 270 g/mol. The smallest absolute Gasteiger partial charge is 0.247 e. The van der Waals surface area contributed by atoms with Gasteiger partial charge in [0.2, 0.25) is 17.7 Å². The summed E-state index contributed by atoms with van der Waals surface area (Å²) < 4.78 is 0. The SMILES string of the molecule is CCC(CC)N1C(=O)CC(NCC(C)(C)C(=O)NC)C1=O. The van der Waals surface area contributed by atoms with E-state index in [0.717, 1.165) is 12.8 Å². The summed E-state index contributed by atoms with van der Waals surface area (Å²) >= 11 is 0. The number of hydrogen-bond donors (Lipinski definition) is 2. The molecule has 120 valence electrons. The second-order valence-electron chi connectivity index (χ2n) is 6.17. The first-order chi connectivity index (χ1) is 9.78. The van der Waals surface area contributed by atoms with Crippen LogP contribution < -0.4 is 10.6 Å². The van der Waals surface area contributed by atoms with Crippen molar-refractivity contribution >= 4 is 17.7 Å². The minimum absolute atomic E-state index is 0.0243. The molecule has 6 heteroatoms. The normalized spacial score (nSPS) is 19.5. The summed E-state index contributed by atoms with van der Waals surface area (Å²) in [6.07, 6.45) is 1.72. The van der Waals surface area contributed by atoms with Crippen LogP contribution in [0.2, 0.25) is 0 Å². The zero-order valence-corrected chi connectivity index (χ0v) is 13.7. The van der Waals surface area contributed by atoms with Gasteiger partial charge in [0.15, 0.2) is 0 Å². The number of amides is 3. The summed E-state index contributed by atoms with van der Waals surface area (Å²) in [7, 11) is 1.59. The highest BCUT2D eigenvalue weighted by Crippen LogP contribution is 2.21. The van der Waals surface area contributed by atoms with Gasteiger partial charge in [0.05, 0.1) is 17.9 Å². The van der Waals surface area contributed by atoms with Crippen LogP contribution in [-0.2, 0) is 14.4 Å². The predicted molar refractivity (Wildman–Crippen MR) is 80.5 cm³/mol. The fourth-order valence-corrected chi connectivity index (χ4v) is 2.64. The Morgan fingerprint density at radius 3 is 2.38 bits per heavy atom. The number of nitrogens with zero attached hydrogens (tertiary/aromatic N) is 1. The number of rotatable bonds is 7. The molecule has 1 rings (SSSR count). The van der Waals surface area contributed by atoms with Gasteiger partial charge in [-0.25, -0.2) is 0 Å². The average Bonchev–Trinajstić information content (AvgIpc) is 2.73. The predicted octanol–water partition coefficient (Wildman–Crippen LogP) is 0.664. The Labute approximate surface area is 126 Å². The van der Waals surface area contributed by atoms with Crippen LogP contribution in [0.25, 0.3) is 0 Å². The Bertz CT molecular complexity index is 416. The van der Waals surface area contributed by atoms with Crippen LogP contribution in [-0.4, -0.2) is 48.3 Å². The van der Waals surface area contributed by atoms with E-state index in [2.05, 4.69) is 10.6 Å². The highest BCUT2D eigenvalue weighted by molar-refractivity contribution is 6.05. The van der Waals surface area contributed by atoms with Crippen molar-refractivity contribution < 1.29 is 14.4 Å². The van der Waals surface area contributed by atoms with E-state index in [0.29, 0.717) is 6.54 Å². The highest BCUT2D eigenvalue weighted by atomic mass is 16.2. The van der Waals surface area contributed by atoms with Gasteiger partial charge < -0.3 is 10.6 Å². The molecule has 0 spiro atoms. The third-order valence-corrected chi connectivity index (χ3v) is 4.12. The first kappa shape index (κ1) is 17.6. The lowest BCUT2D eigenvalue weighted by molar-refractivity contribution is -0.142. The maximum atomic E-state index is 12.4. The minimum atomic E-state index is -0.625. The van der Waals surface area contributed by atoms with E-state index in [-0.39, 0.29) is 30.2 Å². The van der Waals surface area contributed by atoms with Gasteiger partial charge in [-0.1, -0.05) is 13.8 Å². The average molecular weight is 297 g/mol. The molecule has 0 bridgehead atoms. The molecule has 0 aromatic heterocycles. The molecule has 1 heterocycles. The fraction of sp³-hybridized carbons (Fsp3) is 0.800. The summed E-state index contributed by atoms with van der Waals surface area (Å²) in [5.41, 5.74) is -0.625. The number of imide groups is 1. The fourth-order valence-electron chi connectivity index (χ4n) is 2.64. The van der Waals surface area contributed by atoms with Gasteiger partial charge in [-0.05, 0) is 26.7 Å². The van der Waals surface area contributed by atoms with Gasteiger partial charge in [-0.15, -0.1) is 0 Å². The quantitative estimate of drug-likeness (QED) is 0.677. The first-order valence-corrected chi connectivity index (χ1v) is 7.59. The van der Waals surface area contributed by atoms with Crippen LogP contribution in [0.1, 0.15) is 47.0 Å². The highest BCUT2D eigenvalue weighted by Gasteiger charge is 2.42. The van der Waals surface area contributed by atoms with E-state index < -0.39 is 11.5 Å². The summed E-state index contributed by atoms with van der Waals surface area (Å²) in [5, 5.41) is 5.68. The zero-order valence-electron chi connectivity index (χ0n) is 13.7. The van der Waals surface area contributed by atoms with E-state index in [1.54, 1.807) is 20.9 Å². The molecule has 1 atom stereocenters. The molecule has 6 nitrogen and oxygen atoms in total. The molecular formula is C15H27N3O3. The van der Waals surface area contributed by atoms with Crippen LogP contribution in [0.15, 0.2) is 0 Å². The number of carbonyl (C=O) groups is 3. The van der Waals surface area contributed by atoms with Crippen LogP contribution in [0.5, 0.6) is 0 Å². The molecule has 0 aliphatic carbocycles. The standard InChI is InChI=1S/C15H27N3O3/c1-6-10(7-2)18-12(19)8-11(13(18)20)17-9-15(3,4)14(21)16-5/h10-11,17H,6-9H2,1-5H3,(H,16,21). The first-order valence-electron chi connectivity index (χ1n) is 7.59. The topological polar surface area (TPSA) is 78.5 Å². The Kier molecular flexibility index (Phi) is 5.89. The Morgan fingerprint density at radius 1 is 1.33 bits per heavy atom. The molecule has 1 aliphatic heterocycles. The second-order valence-corrected chi connectivity index (χ2v) is 6.17. The Balaban J connectivity index is 2.69. The molecule has 1 unspecified atom stereocenters. The number of nitrogens with one attached hydrogen (secondary N) is 2. The lowest BCUT2D eigenvalue weighted by atomic mass is 9.92. The molecule has 1 aliphatic rings. The van der Waals surface area contributed by atoms with Gasteiger partial charge in [-0.3, -0.25) is 19.3 Å². The van der Waals surface area contributed by atoms with Crippen molar-refractivity contribution in [1.82, 2.24) is 15.5 Å². The molecule has 3 amide bonds. The van der Waals surface area contributed by atoms with Crippen LogP contribution in [0, 0.1) is 5.41 Å². The minimum Gasteiger partial charge on any atom is -0.359 e. The van der Waals surface area contributed by atoms with Crippen molar-refractivity contribution in [2.75, 3.05) is 13.6 Å². The van der Waals surface area contributed by atoms with Crippen molar-refractivity contribution in [3.05, 3.63) is 0 Å². The molecule has 0 aromatic rings. The van der Waals surface area contributed by atoms with Gasteiger partial charge >= 0.3 is 0 Å². The van der Waals surface area contributed by atoms with Crippen LogP contribution in [0.4, 0.5) is 0 Å². The summed E-state index contributed by atoms with van der Waals surface area (Å²) in [6, 6.07) is -0.536. The van der Waals surface area contributed by atoms with Crippen molar-refractivity contribution in [3.63, 3.8) is 0 Å². The van der Waals surface area contributed by atoms with Gasteiger partial charge in [0, 0.05) is 19.6 Å². The summed E-state index contributed by atoms with van der Waals surface area (Å²) in [4.78, 5) is 37.6. The van der Waals surface area contributed by atoms with Gasteiger partial charge in [-0.2, -0.15) is 0 Å². The van der Waals surface area contributed by atoms with Crippen molar-refractivity contribution in [1.29, 1.82) is 0 Å². The summed E-state index contributed by atoms with van der Waals surface area (Å²) in [6.45, 7) is 7.92. The second kappa shape index (κ2) is 7.02. The van der Waals surface area contributed by atoms with E-state index in [4.69, 9.17) is 0 Å². The van der Waals surface area contributed by atoms with Crippen LogP contribution in [0.3, 0.4) is 0 Å². The zero-order chi connectivity index (χ0) is 16.2. The largest absolute Gasteiger partial charge is 0.359 e. The Hall–Kier alpha value is -1.43. The molecule has 2 N–H and O–H groups in total.